The van der Waals surface area contributed by atoms with Crippen LogP contribution in [0.4, 0.5) is 5.69 Å². The van der Waals surface area contributed by atoms with Gasteiger partial charge in [0.2, 0.25) is 5.79 Å². The fourth-order valence-corrected chi connectivity index (χ4v) is 1.63. The highest BCUT2D eigenvalue weighted by molar-refractivity contribution is 6.30. The summed E-state index contributed by atoms with van der Waals surface area (Å²) in [7, 11) is 1.51. The van der Waals surface area contributed by atoms with E-state index in [1.54, 1.807) is 31.2 Å². The molecule has 0 unspecified atom stereocenters. The predicted octanol–water partition coefficient (Wildman–Crippen LogP) is 2.37. The maximum Gasteiger partial charge on any atom is 0.256 e. The molecule has 1 amide bonds. The van der Waals surface area contributed by atoms with Crippen molar-refractivity contribution in [3.05, 3.63) is 29.3 Å². The first-order chi connectivity index (χ1) is 7.54. The third-order valence-electron chi connectivity index (χ3n) is 2.48. The van der Waals surface area contributed by atoms with E-state index in [9.17, 15) is 4.79 Å². The third-order valence-corrected chi connectivity index (χ3v) is 2.73. The monoisotopic (exact) mass is 241 g/mol. The van der Waals surface area contributed by atoms with E-state index in [4.69, 9.17) is 21.2 Å². The molecule has 1 heterocycles. The van der Waals surface area contributed by atoms with Gasteiger partial charge in [0.1, 0.15) is 0 Å². The highest BCUT2D eigenvalue weighted by Gasteiger charge is 2.42. The standard InChI is InChI=1S/C11H12ClNO3/c1-11(15-2)7-10(14)13(16-11)9-5-3-8(12)4-6-9/h3-6H,7H2,1-2H3/t11-/m0/s1. The summed E-state index contributed by atoms with van der Waals surface area (Å²) in [5.74, 6) is -1.01. The number of methoxy groups -OCH3 is 1. The number of ether oxygens (including phenoxy) is 1. The van der Waals surface area contributed by atoms with Gasteiger partial charge in [0.05, 0.1) is 12.1 Å². The molecule has 1 saturated heterocycles. The maximum atomic E-state index is 11.7. The molecule has 0 aliphatic carbocycles. The molecule has 86 valence electrons. The molecule has 1 fully saturated rings. The Balaban J connectivity index is 2.23. The van der Waals surface area contributed by atoms with E-state index in [0.717, 1.165) is 0 Å². The summed E-state index contributed by atoms with van der Waals surface area (Å²) in [5, 5.41) is 1.85. The number of hydrogen-bond donors (Lipinski definition) is 0. The lowest BCUT2D eigenvalue weighted by Crippen LogP contribution is -2.29. The van der Waals surface area contributed by atoms with Gasteiger partial charge in [0, 0.05) is 12.1 Å². The fourth-order valence-electron chi connectivity index (χ4n) is 1.51. The van der Waals surface area contributed by atoms with E-state index in [2.05, 4.69) is 0 Å². The summed E-state index contributed by atoms with van der Waals surface area (Å²) in [5.41, 5.74) is 0.648. The summed E-state index contributed by atoms with van der Waals surface area (Å²) in [6, 6.07) is 6.86. The van der Waals surface area contributed by atoms with Crippen LogP contribution in [0.1, 0.15) is 13.3 Å². The van der Waals surface area contributed by atoms with Gasteiger partial charge in [-0.15, -0.1) is 0 Å². The second-order valence-corrected chi connectivity index (χ2v) is 4.21. The Labute approximate surface area is 98.7 Å². The highest BCUT2D eigenvalue weighted by atomic mass is 35.5. The van der Waals surface area contributed by atoms with Gasteiger partial charge in [-0.25, -0.2) is 4.84 Å². The number of carbonyl (C=O) groups is 1. The number of hydrogen-bond acceptors (Lipinski definition) is 3. The van der Waals surface area contributed by atoms with Crippen molar-refractivity contribution in [1.82, 2.24) is 0 Å². The zero-order chi connectivity index (χ0) is 11.8. The Bertz CT molecular complexity index is 406. The van der Waals surface area contributed by atoms with Gasteiger partial charge >= 0.3 is 0 Å². The van der Waals surface area contributed by atoms with Crippen LogP contribution in [0.3, 0.4) is 0 Å². The van der Waals surface area contributed by atoms with E-state index in [0.29, 0.717) is 10.7 Å². The van der Waals surface area contributed by atoms with Gasteiger partial charge in [-0.1, -0.05) is 11.6 Å². The van der Waals surface area contributed by atoms with Crippen LogP contribution in [0.15, 0.2) is 24.3 Å². The fraction of sp³-hybridized carbons (Fsp3) is 0.364. The molecule has 1 aliphatic heterocycles. The Kier molecular flexibility index (Phi) is 2.88. The SMILES string of the molecule is CO[C@]1(C)CC(=O)N(c2ccc(Cl)cc2)O1. The van der Waals surface area contributed by atoms with Crippen molar-refractivity contribution in [2.75, 3.05) is 12.2 Å². The highest BCUT2D eigenvalue weighted by Crippen LogP contribution is 2.31. The topological polar surface area (TPSA) is 38.8 Å². The van der Waals surface area contributed by atoms with E-state index in [1.165, 1.54) is 12.2 Å². The Morgan fingerprint density at radius 1 is 1.44 bits per heavy atom. The number of amides is 1. The van der Waals surface area contributed by atoms with Crippen LogP contribution >= 0.6 is 11.6 Å². The molecule has 0 saturated carbocycles. The smallest absolute Gasteiger partial charge is 0.256 e. The molecule has 1 aliphatic rings. The van der Waals surface area contributed by atoms with Crippen molar-refractivity contribution >= 4 is 23.2 Å². The van der Waals surface area contributed by atoms with E-state index in [-0.39, 0.29) is 12.3 Å². The molecule has 0 N–H and O–H groups in total. The van der Waals surface area contributed by atoms with Crippen molar-refractivity contribution < 1.29 is 14.4 Å². The Hall–Kier alpha value is -1.10. The zero-order valence-corrected chi connectivity index (χ0v) is 9.82. The summed E-state index contributed by atoms with van der Waals surface area (Å²) in [6.45, 7) is 1.72. The van der Waals surface area contributed by atoms with Crippen LogP contribution in [0.2, 0.25) is 5.02 Å². The van der Waals surface area contributed by atoms with Crippen molar-refractivity contribution in [2.24, 2.45) is 0 Å². The second-order valence-electron chi connectivity index (χ2n) is 3.77. The van der Waals surface area contributed by atoms with Crippen LogP contribution in [0.25, 0.3) is 0 Å². The lowest BCUT2D eigenvalue weighted by molar-refractivity contribution is -0.186. The molecular formula is C11H12ClNO3. The Morgan fingerprint density at radius 2 is 2.06 bits per heavy atom. The number of hydroxylamine groups is 1. The molecule has 16 heavy (non-hydrogen) atoms. The summed E-state index contributed by atoms with van der Waals surface area (Å²) >= 11 is 5.77. The third kappa shape index (κ3) is 2.04. The molecule has 1 aromatic carbocycles. The van der Waals surface area contributed by atoms with Crippen molar-refractivity contribution in [3.8, 4) is 0 Å². The molecule has 1 atom stereocenters. The maximum absolute atomic E-state index is 11.7. The second kappa shape index (κ2) is 4.05. The zero-order valence-electron chi connectivity index (χ0n) is 9.07. The summed E-state index contributed by atoms with van der Waals surface area (Å²) in [4.78, 5) is 17.2. The van der Waals surface area contributed by atoms with Crippen molar-refractivity contribution in [3.63, 3.8) is 0 Å². The Morgan fingerprint density at radius 3 is 2.56 bits per heavy atom. The number of anilines is 1. The van der Waals surface area contributed by atoms with E-state index in [1.807, 2.05) is 0 Å². The summed E-state index contributed by atoms with van der Waals surface area (Å²) < 4.78 is 5.13. The largest absolute Gasteiger partial charge is 0.351 e. The molecule has 5 heteroatoms. The van der Waals surface area contributed by atoms with Gasteiger partial charge in [-0.2, -0.15) is 5.06 Å². The average Bonchev–Trinajstić information content (AvgIpc) is 2.57. The first kappa shape index (κ1) is 11.4. The number of rotatable bonds is 2. The molecule has 1 aromatic rings. The minimum absolute atomic E-state index is 0.133. The van der Waals surface area contributed by atoms with Crippen LogP contribution < -0.4 is 5.06 Å². The first-order valence-electron chi connectivity index (χ1n) is 4.87. The van der Waals surface area contributed by atoms with E-state index >= 15 is 0 Å². The summed E-state index contributed by atoms with van der Waals surface area (Å²) in [6.07, 6.45) is 0.201. The number of nitrogens with zero attached hydrogens (tertiary/aromatic N) is 1. The minimum atomic E-state index is -0.878. The molecule has 0 radical (unpaired) electrons. The first-order valence-corrected chi connectivity index (χ1v) is 5.25. The predicted molar refractivity (Wildman–Crippen MR) is 60.1 cm³/mol. The quantitative estimate of drug-likeness (QED) is 0.798. The molecule has 0 spiro atoms. The van der Waals surface area contributed by atoms with Gasteiger partial charge in [-0.05, 0) is 31.2 Å². The number of benzene rings is 1. The minimum Gasteiger partial charge on any atom is -0.351 e. The lowest BCUT2D eigenvalue weighted by Gasteiger charge is -2.22. The molecule has 4 nitrogen and oxygen atoms in total. The van der Waals surface area contributed by atoms with Crippen LogP contribution in [0, 0.1) is 0 Å². The van der Waals surface area contributed by atoms with Gasteiger partial charge in [-0.3, -0.25) is 4.79 Å². The van der Waals surface area contributed by atoms with Gasteiger partial charge in [0.25, 0.3) is 5.91 Å². The normalized spacial score (nSPS) is 25.2. The van der Waals surface area contributed by atoms with Crippen LogP contribution in [-0.4, -0.2) is 18.8 Å². The van der Waals surface area contributed by atoms with Crippen molar-refractivity contribution in [1.29, 1.82) is 0 Å². The van der Waals surface area contributed by atoms with Gasteiger partial charge < -0.3 is 4.74 Å². The van der Waals surface area contributed by atoms with E-state index < -0.39 is 5.79 Å². The van der Waals surface area contributed by atoms with Crippen LogP contribution in [0.5, 0.6) is 0 Å². The average molecular weight is 242 g/mol. The molecule has 0 aromatic heterocycles. The van der Waals surface area contributed by atoms with Crippen molar-refractivity contribution in [2.45, 2.75) is 19.1 Å². The molecule has 2 rings (SSSR count). The number of halogens is 1. The number of carbonyl (C=O) groups excluding carboxylic acids is 1. The lowest BCUT2D eigenvalue weighted by atomic mass is 10.2. The van der Waals surface area contributed by atoms with Crippen LogP contribution in [-0.2, 0) is 14.4 Å². The molecular weight excluding hydrogens is 230 g/mol. The van der Waals surface area contributed by atoms with Gasteiger partial charge in [0.15, 0.2) is 0 Å². The molecule has 0 bridgehead atoms.